The van der Waals surface area contributed by atoms with Crippen molar-refractivity contribution in [3.63, 3.8) is 0 Å². The Morgan fingerprint density at radius 1 is 1.12 bits per heavy atom. The van der Waals surface area contributed by atoms with Crippen LogP contribution in [0.25, 0.3) is 16.6 Å². The van der Waals surface area contributed by atoms with E-state index in [1.54, 1.807) is 4.57 Å². The van der Waals surface area contributed by atoms with Crippen molar-refractivity contribution in [2.24, 2.45) is 0 Å². The molecule has 5 heteroatoms. The fourth-order valence-electron chi connectivity index (χ4n) is 2.63. The zero-order valence-corrected chi connectivity index (χ0v) is 14.6. The molecule has 1 aromatic heterocycles. The van der Waals surface area contributed by atoms with Crippen molar-refractivity contribution in [3.8, 4) is 5.69 Å². The normalized spacial score (nSPS) is 11.1. The first-order valence-electron chi connectivity index (χ1n) is 7.95. The molecule has 2 aromatic carbocycles. The van der Waals surface area contributed by atoms with Crippen LogP contribution in [0.5, 0.6) is 0 Å². The maximum absolute atomic E-state index is 13.1. The highest BCUT2D eigenvalue weighted by Gasteiger charge is 2.15. The van der Waals surface area contributed by atoms with E-state index >= 15 is 0 Å². The second-order valence-electron chi connectivity index (χ2n) is 5.70. The Labute approximate surface area is 145 Å². The molecule has 24 heavy (non-hydrogen) atoms. The summed E-state index contributed by atoms with van der Waals surface area (Å²) in [4.78, 5) is 17.8. The van der Waals surface area contributed by atoms with Gasteiger partial charge in [0.05, 0.1) is 16.6 Å². The molecule has 0 aliphatic heterocycles. The van der Waals surface area contributed by atoms with Crippen LogP contribution in [0.1, 0.15) is 17.5 Å². The van der Waals surface area contributed by atoms with Crippen LogP contribution in [-0.4, -0.2) is 27.0 Å². The second kappa shape index (κ2) is 7.20. The van der Waals surface area contributed by atoms with Crippen molar-refractivity contribution in [1.82, 2.24) is 9.55 Å². The van der Waals surface area contributed by atoms with Crippen molar-refractivity contribution >= 4 is 22.7 Å². The van der Waals surface area contributed by atoms with Gasteiger partial charge in [0.25, 0.3) is 5.56 Å². The summed E-state index contributed by atoms with van der Waals surface area (Å²) in [6.45, 7) is 4.19. The van der Waals surface area contributed by atoms with Gasteiger partial charge in [-0.3, -0.25) is 9.36 Å². The largest absolute Gasteiger partial charge is 0.396 e. The highest BCUT2D eigenvalue weighted by Crippen LogP contribution is 2.24. The molecule has 0 unspecified atom stereocenters. The molecular weight excluding hydrogens is 320 g/mol. The van der Waals surface area contributed by atoms with Gasteiger partial charge in [-0.2, -0.15) is 0 Å². The van der Waals surface area contributed by atoms with E-state index in [9.17, 15) is 4.79 Å². The first-order valence-corrected chi connectivity index (χ1v) is 8.94. The Kier molecular flexibility index (Phi) is 5.02. The molecule has 0 aliphatic carbocycles. The molecule has 1 N–H and O–H groups in total. The number of aliphatic hydroxyl groups excluding tert-OH is 1. The van der Waals surface area contributed by atoms with Gasteiger partial charge in [-0.1, -0.05) is 36.0 Å². The lowest BCUT2D eigenvalue weighted by Crippen LogP contribution is -2.22. The third-order valence-corrected chi connectivity index (χ3v) is 5.12. The van der Waals surface area contributed by atoms with Gasteiger partial charge in [0, 0.05) is 12.4 Å². The number of thioether (sulfide) groups is 1. The van der Waals surface area contributed by atoms with Crippen molar-refractivity contribution < 1.29 is 5.11 Å². The van der Waals surface area contributed by atoms with Crippen LogP contribution in [0.15, 0.2) is 52.4 Å². The third kappa shape index (κ3) is 3.09. The maximum atomic E-state index is 13.1. The summed E-state index contributed by atoms with van der Waals surface area (Å²) in [6, 6.07) is 13.4. The summed E-state index contributed by atoms with van der Waals surface area (Å²) in [6.07, 6.45) is 0.667. The van der Waals surface area contributed by atoms with E-state index in [1.165, 1.54) is 11.8 Å². The molecular formula is C19H20N2O2S. The Balaban J connectivity index is 2.27. The quantitative estimate of drug-likeness (QED) is 0.439. The van der Waals surface area contributed by atoms with Gasteiger partial charge in [0.15, 0.2) is 5.16 Å². The highest BCUT2D eigenvalue weighted by molar-refractivity contribution is 7.99. The lowest BCUT2D eigenvalue weighted by molar-refractivity contribution is 0.296. The molecule has 0 saturated heterocycles. The summed E-state index contributed by atoms with van der Waals surface area (Å²) in [5.74, 6) is 0.714. The van der Waals surface area contributed by atoms with Crippen molar-refractivity contribution in [3.05, 3.63) is 63.9 Å². The Morgan fingerprint density at radius 2 is 1.92 bits per heavy atom. The van der Waals surface area contributed by atoms with E-state index in [0.717, 1.165) is 16.8 Å². The molecule has 124 valence electrons. The summed E-state index contributed by atoms with van der Waals surface area (Å²) in [7, 11) is 0. The SMILES string of the molecule is Cc1cccc(-n2c(SCCCO)nc3ccccc3c2=O)c1C. The molecule has 0 amide bonds. The lowest BCUT2D eigenvalue weighted by Gasteiger charge is -2.16. The minimum atomic E-state index is -0.0548. The zero-order valence-electron chi connectivity index (χ0n) is 13.8. The molecule has 0 fully saturated rings. The van der Waals surface area contributed by atoms with Crippen molar-refractivity contribution in [2.45, 2.75) is 25.4 Å². The molecule has 0 bridgehead atoms. The van der Waals surface area contributed by atoms with E-state index in [1.807, 2.05) is 56.3 Å². The topological polar surface area (TPSA) is 55.1 Å². The molecule has 3 aromatic rings. The number of para-hydroxylation sites is 1. The molecule has 0 aliphatic rings. The van der Waals surface area contributed by atoms with Gasteiger partial charge in [0.2, 0.25) is 0 Å². The van der Waals surface area contributed by atoms with Gasteiger partial charge in [-0.15, -0.1) is 0 Å². The van der Waals surface area contributed by atoms with Gasteiger partial charge in [-0.05, 0) is 49.6 Å². The van der Waals surface area contributed by atoms with Crippen LogP contribution >= 0.6 is 11.8 Å². The van der Waals surface area contributed by atoms with E-state index in [2.05, 4.69) is 0 Å². The summed E-state index contributed by atoms with van der Waals surface area (Å²) >= 11 is 1.50. The monoisotopic (exact) mass is 340 g/mol. The third-order valence-electron chi connectivity index (χ3n) is 4.10. The lowest BCUT2D eigenvalue weighted by atomic mass is 10.1. The van der Waals surface area contributed by atoms with Crippen molar-refractivity contribution in [2.75, 3.05) is 12.4 Å². The number of fused-ring (bicyclic) bond motifs is 1. The van der Waals surface area contributed by atoms with Crippen LogP contribution in [0, 0.1) is 13.8 Å². The fraction of sp³-hybridized carbons (Fsp3) is 0.263. The van der Waals surface area contributed by atoms with Crippen LogP contribution in [0.2, 0.25) is 0 Å². The van der Waals surface area contributed by atoms with Gasteiger partial charge < -0.3 is 5.11 Å². The second-order valence-corrected chi connectivity index (χ2v) is 6.76. The molecule has 3 rings (SSSR count). The average Bonchev–Trinajstić information content (AvgIpc) is 2.59. The minimum Gasteiger partial charge on any atom is -0.396 e. The number of nitrogens with zero attached hydrogens (tertiary/aromatic N) is 2. The fourth-order valence-corrected chi connectivity index (χ4v) is 3.56. The number of aliphatic hydroxyl groups is 1. The van der Waals surface area contributed by atoms with Crippen LogP contribution in [0.3, 0.4) is 0 Å². The Bertz CT molecular complexity index is 934. The van der Waals surface area contributed by atoms with Gasteiger partial charge in [0.1, 0.15) is 0 Å². The predicted octanol–water partition coefficient (Wildman–Crippen LogP) is 3.48. The average molecular weight is 340 g/mol. The zero-order chi connectivity index (χ0) is 17.1. The highest BCUT2D eigenvalue weighted by atomic mass is 32.2. The first-order chi connectivity index (χ1) is 11.6. The van der Waals surface area contributed by atoms with Crippen LogP contribution in [0.4, 0.5) is 0 Å². The molecule has 0 spiro atoms. The number of benzene rings is 2. The molecule has 0 atom stereocenters. The molecule has 4 nitrogen and oxygen atoms in total. The number of hydrogen-bond donors (Lipinski definition) is 1. The standard InChI is InChI=1S/C19H20N2O2S/c1-13-7-5-10-17(14(13)2)21-18(23)15-8-3-4-9-16(15)20-19(21)24-12-6-11-22/h3-5,7-10,22H,6,11-12H2,1-2H3. The van der Waals surface area contributed by atoms with Crippen molar-refractivity contribution in [1.29, 1.82) is 0 Å². The van der Waals surface area contributed by atoms with Crippen LogP contribution < -0.4 is 5.56 Å². The van der Waals surface area contributed by atoms with Crippen LogP contribution in [-0.2, 0) is 0 Å². The number of aryl methyl sites for hydroxylation is 1. The summed E-state index contributed by atoms with van der Waals surface area (Å²) in [5, 5.41) is 10.3. The van der Waals surface area contributed by atoms with Gasteiger partial charge in [-0.25, -0.2) is 4.98 Å². The predicted molar refractivity (Wildman–Crippen MR) is 99.2 cm³/mol. The van der Waals surface area contributed by atoms with E-state index < -0.39 is 0 Å². The number of rotatable bonds is 5. The van der Waals surface area contributed by atoms with E-state index in [4.69, 9.17) is 10.1 Å². The number of hydrogen-bond acceptors (Lipinski definition) is 4. The van der Waals surface area contributed by atoms with E-state index in [-0.39, 0.29) is 12.2 Å². The van der Waals surface area contributed by atoms with Gasteiger partial charge >= 0.3 is 0 Å². The first kappa shape index (κ1) is 16.7. The Morgan fingerprint density at radius 3 is 2.71 bits per heavy atom. The summed E-state index contributed by atoms with van der Waals surface area (Å²) in [5.41, 5.74) is 3.72. The maximum Gasteiger partial charge on any atom is 0.266 e. The molecule has 0 radical (unpaired) electrons. The molecule has 0 saturated carbocycles. The number of aromatic nitrogens is 2. The summed E-state index contributed by atoms with van der Waals surface area (Å²) < 4.78 is 1.70. The molecule has 1 heterocycles. The minimum absolute atomic E-state index is 0.0548. The smallest absolute Gasteiger partial charge is 0.266 e. The Hall–Kier alpha value is -2.11. The van der Waals surface area contributed by atoms with E-state index in [0.29, 0.717) is 28.2 Å².